The first-order chi connectivity index (χ1) is 62.6. The van der Waals surface area contributed by atoms with E-state index in [0.29, 0.717) is 83.0 Å². The summed E-state index contributed by atoms with van der Waals surface area (Å²) in [6.45, 7) is 1.01. The molecular formula is C94H74F10N18O8. The molecule has 0 unspecified atom stereocenters. The Balaban J connectivity index is 0.000000147. The zero-order valence-corrected chi connectivity index (χ0v) is 68.8. The molecule has 0 radical (unpaired) electrons. The first kappa shape index (κ1) is 92.2. The minimum atomic E-state index is -0.628. The number of nitrogens with zero attached hydrogens (tertiary/aromatic N) is 7. The Kier molecular flexibility index (Phi) is 30.9. The van der Waals surface area contributed by atoms with Crippen molar-refractivity contribution >= 4 is 179 Å². The SMILES string of the molecule is CC(=O)NCC(=O)Nc1cc2c(/C=C/c3ccc(F)cc3)n[nH]c2cc1F.CN(C)CC(=O)Nc1cc2c(/C=C/c3ccc(F)cc3)n[nH]c2cc1F.COCC(=O)Nc1cc2c(/C=C/c3ccc(F)cc3)n[nH]c2cc1F.N#CCC(=O)Nc1cc2c(/C=C/c3ccc(F)cc3)n[nH]c2cc1F.O=C(Nc1cc2c(/C=C/c3ccc(F)cc3)n[nH]c2cc1F)c1ccco1. The fourth-order valence-electron chi connectivity index (χ4n) is 12.2. The predicted octanol–water partition coefficient (Wildman–Crippen LogP) is 18.9. The number of nitrogens with one attached hydrogen (secondary N) is 11. The molecule has 130 heavy (non-hydrogen) atoms. The van der Waals surface area contributed by atoms with E-state index in [1.165, 1.54) is 142 Å². The van der Waals surface area contributed by atoms with Gasteiger partial charge in [-0.1, -0.05) is 91.0 Å². The van der Waals surface area contributed by atoms with Crippen LogP contribution in [0.5, 0.6) is 0 Å². The van der Waals surface area contributed by atoms with Crippen LogP contribution in [-0.2, 0) is 28.7 Å². The van der Waals surface area contributed by atoms with E-state index >= 15 is 0 Å². The number of amides is 6. The zero-order valence-electron chi connectivity index (χ0n) is 68.8. The Labute approximate surface area is 731 Å². The summed E-state index contributed by atoms with van der Waals surface area (Å²) in [5.41, 5.74) is 9.31. The van der Waals surface area contributed by atoms with E-state index in [0.717, 1.165) is 27.8 Å². The van der Waals surface area contributed by atoms with Crippen LogP contribution in [0.4, 0.5) is 72.3 Å². The molecule has 6 amide bonds. The maximum Gasteiger partial charge on any atom is 0.291 e. The summed E-state index contributed by atoms with van der Waals surface area (Å²) >= 11 is 0. The van der Waals surface area contributed by atoms with Crippen LogP contribution in [0.25, 0.3) is 115 Å². The normalized spacial score (nSPS) is 11.2. The van der Waals surface area contributed by atoms with Gasteiger partial charge in [-0.25, -0.2) is 43.9 Å². The number of methoxy groups -OCH3 is 1. The van der Waals surface area contributed by atoms with Gasteiger partial charge < -0.3 is 46.0 Å². The minimum Gasteiger partial charge on any atom is -0.459 e. The van der Waals surface area contributed by atoms with E-state index in [-0.39, 0.29) is 101 Å². The summed E-state index contributed by atoms with van der Waals surface area (Å²) < 4.78 is 145. The Morgan fingerprint density at radius 2 is 0.662 bits per heavy atom. The van der Waals surface area contributed by atoms with Crippen LogP contribution in [0.2, 0.25) is 0 Å². The summed E-state index contributed by atoms with van der Waals surface area (Å²) in [6, 6.07) is 48.4. The average molecular weight is 1770 g/mol. The van der Waals surface area contributed by atoms with Gasteiger partial charge in [0.25, 0.3) is 5.91 Å². The van der Waals surface area contributed by atoms with Crippen LogP contribution >= 0.6 is 0 Å². The highest BCUT2D eigenvalue weighted by molar-refractivity contribution is 6.05. The average Bonchev–Trinajstić information content (AvgIpc) is 1.69. The maximum atomic E-state index is 14.3. The zero-order chi connectivity index (χ0) is 92.5. The molecule has 16 rings (SSSR count). The fourth-order valence-corrected chi connectivity index (χ4v) is 12.2. The third kappa shape index (κ3) is 25.6. The van der Waals surface area contributed by atoms with Crippen molar-refractivity contribution in [1.29, 1.82) is 5.26 Å². The molecule has 0 aliphatic rings. The first-order valence-electron chi connectivity index (χ1n) is 38.9. The Hall–Kier alpha value is -16.9. The van der Waals surface area contributed by atoms with Gasteiger partial charge in [-0.15, -0.1) is 0 Å². The Morgan fingerprint density at radius 1 is 0.385 bits per heavy atom. The third-order valence-corrected chi connectivity index (χ3v) is 18.5. The molecule has 0 fully saturated rings. The van der Waals surface area contributed by atoms with Gasteiger partial charge >= 0.3 is 0 Å². The molecule has 0 aliphatic carbocycles. The van der Waals surface area contributed by atoms with E-state index in [1.807, 2.05) is 0 Å². The lowest BCUT2D eigenvalue weighted by Crippen LogP contribution is -2.31. The smallest absolute Gasteiger partial charge is 0.291 e. The lowest BCUT2D eigenvalue weighted by Gasteiger charge is -2.10. The number of halogens is 10. The molecule has 0 saturated carbocycles. The number of ether oxygens (including phenoxy) is 1. The highest BCUT2D eigenvalue weighted by atomic mass is 19.2. The van der Waals surface area contributed by atoms with Crippen LogP contribution in [0.15, 0.2) is 205 Å². The van der Waals surface area contributed by atoms with Crippen molar-refractivity contribution in [3.05, 3.63) is 321 Å². The first-order valence-corrected chi connectivity index (χ1v) is 38.9. The number of fused-ring (bicyclic) bond motifs is 5. The van der Waals surface area contributed by atoms with Crippen molar-refractivity contribution in [2.75, 3.05) is 67.5 Å². The highest BCUT2D eigenvalue weighted by Gasteiger charge is 2.20. The number of rotatable bonds is 23. The molecule has 658 valence electrons. The van der Waals surface area contributed by atoms with Crippen molar-refractivity contribution in [3.8, 4) is 6.07 Å². The number of aromatic amines is 5. The van der Waals surface area contributed by atoms with E-state index in [2.05, 4.69) is 82.9 Å². The van der Waals surface area contributed by atoms with Gasteiger partial charge in [0.05, 0.1) is 110 Å². The molecule has 0 atom stereocenters. The van der Waals surface area contributed by atoms with Gasteiger partial charge in [-0.3, -0.25) is 54.3 Å². The van der Waals surface area contributed by atoms with E-state index in [4.69, 9.17) is 14.4 Å². The number of likely N-dealkylation sites (N-methyl/N-ethyl adjacent to an activating group) is 1. The number of aromatic nitrogens is 10. The Bertz CT molecular complexity index is 6980. The van der Waals surface area contributed by atoms with Crippen molar-refractivity contribution in [3.63, 3.8) is 0 Å². The van der Waals surface area contributed by atoms with Crippen molar-refractivity contribution < 1.29 is 81.8 Å². The highest BCUT2D eigenvalue weighted by Crippen LogP contribution is 2.32. The van der Waals surface area contributed by atoms with Crippen molar-refractivity contribution in [2.24, 2.45) is 0 Å². The third-order valence-electron chi connectivity index (χ3n) is 18.5. The number of hydrogen-bond donors (Lipinski definition) is 11. The predicted molar refractivity (Wildman–Crippen MR) is 477 cm³/mol. The molecule has 0 bridgehead atoms. The topological polar surface area (TPSA) is 367 Å². The quantitative estimate of drug-likeness (QED) is 0.0265. The molecular weight excluding hydrogens is 1700 g/mol. The number of carbonyl (C=O) groups excluding carboxylic acids is 6. The number of anilines is 5. The lowest BCUT2D eigenvalue weighted by atomic mass is 10.1. The minimum absolute atomic E-state index is 0.0155. The molecule has 36 heteroatoms. The van der Waals surface area contributed by atoms with Crippen LogP contribution < -0.4 is 31.9 Å². The monoisotopic (exact) mass is 1770 g/mol. The number of H-pyrrole nitrogens is 5. The van der Waals surface area contributed by atoms with Gasteiger partial charge in [0.2, 0.25) is 29.5 Å². The second kappa shape index (κ2) is 43.6. The molecule has 6 heterocycles. The van der Waals surface area contributed by atoms with E-state index < -0.39 is 52.7 Å². The van der Waals surface area contributed by atoms with E-state index in [1.54, 1.807) is 159 Å². The van der Waals surface area contributed by atoms with Crippen LogP contribution in [-0.4, -0.2) is 132 Å². The largest absolute Gasteiger partial charge is 0.459 e. The molecule has 0 saturated heterocycles. The molecule has 0 spiro atoms. The van der Waals surface area contributed by atoms with E-state index in [9.17, 15) is 72.7 Å². The number of benzene rings is 10. The van der Waals surface area contributed by atoms with Crippen molar-refractivity contribution in [2.45, 2.75) is 13.3 Å². The van der Waals surface area contributed by atoms with Gasteiger partial charge in [-0.2, -0.15) is 30.8 Å². The van der Waals surface area contributed by atoms with Crippen molar-refractivity contribution in [1.82, 2.24) is 61.2 Å². The van der Waals surface area contributed by atoms with Gasteiger partial charge in [0, 0.05) is 71.3 Å². The summed E-state index contributed by atoms with van der Waals surface area (Å²) in [7, 11) is 4.90. The van der Waals surface area contributed by atoms with Crippen LogP contribution in [0.3, 0.4) is 0 Å². The van der Waals surface area contributed by atoms with Gasteiger partial charge in [-0.05, 0) is 175 Å². The summed E-state index contributed by atoms with van der Waals surface area (Å²) in [5.74, 6) is -7.27. The fraction of sp³-hybridized carbons (Fsp3) is 0.0851. The molecule has 26 nitrogen and oxygen atoms in total. The molecule has 16 aromatic rings. The molecule has 6 aromatic heterocycles. The number of nitriles is 1. The molecule has 10 aromatic carbocycles. The summed E-state index contributed by atoms with van der Waals surface area (Å²) in [4.78, 5) is 71.4. The second-order valence-corrected chi connectivity index (χ2v) is 28.4. The molecule has 0 aliphatic heterocycles. The van der Waals surface area contributed by atoms with Gasteiger partial charge in [0.15, 0.2) is 5.76 Å². The second-order valence-electron chi connectivity index (χ2n) is 28.4. The van der Waals surface area contributed by atoms with Crippen LogP contribution in [0.1, 0.15) is 80.2 Å². The summed E-state index contributed by atoms with van der Waals surface area (Å²) in [5, 5.41) is 60.7. The van der Waals surface area contributed by atoms with Crippen LogP contribution in [0, 0.1) is 69.5 Å². The number of carbonyl (C=O) groups is 6. The Morgan fingerprint density at radius 3 is 0.923 bits per heavy atom. The standard InChI is InChI=1S/C20H13F2N3O2.C19H16F2N4O2.C19H18F2N4O.C18H12F2N4O.C18H15F2N3O2/c21-13-6-3-12(4-7-13)5-8-16-14-10-18(15(22)11-17(14)25-24-16)23-20(26)19-2-1-9-27-19;1-11(26)22-10-19(27)23-18-8-14-16(24-25-17(14)9-15(18)21)7-4-12-2-5-13(20)6-3-12;1-25(2)11-19(26)22-18-9-14-16(23-24-17(14)10-15(18)21)8-5-12-3-6-13(20)7-4-12;19-12-4-1-11(2-5-12)3-6-15-13-9-17(22-18(25)7-8-21)14(20)10-16(13)24-23-15;1-25-10-18(24)21-17-8-13-15(22-23-16(13)9-14(17)20)7-4-11-2-5-12(19)6-3-11/h1-11H,(H,23,26)(H,24,25);2-9H,10H2,1H3,(H,22,26)(H,23,27)(H,24,25);3-10H,11H2,1-2H3,(H,22,26)(H,23,24);1-6,9-10H,7H2,(H,22,25)(H,23,24);2-9H,10H2,1H3,(H,21,24)(H,22,23)/b8-5+;7-4+;8-5+;6-3+;7-4+. The number of furan rings is 1. The molecule has 11 N–H and O–H groups in total. The van der Waals surface area contributed by atoms with Gasteiger partial charge in [0.1, 0.15) is 71.2 Å². The summed E-state index contributed by atoms with van der Waals surface area (Å²) in [6.07, 6.45) is 18.4. The maximum absolute atomic E-state index is 14.3. The number of hydrogen-bond acceptors (Lipinski definition) is 15. The lowest BCUT2D eigenvalue weighted by molar-refractivity contribution is -0.122.